The van der Waals surface area contributed by atoms with Crippen molar-refractivity contribution < 1.29 is 9.59 Å². The molecule has 1 saturated heterocycles. The summed E-state index contributed by atoms with van der Waals surface area (Å²) in [4.78, 5) is 25.3. The summed E-state index contributed by atoms with van der Waals surface area (Å²) >= 11 is 0. The fourth-order valence-corrected chi connectivity index (χ4v) is 2.21. The van der Waals surface area contributed by atoms with Crippen LogP contribution in [-0.4, -0.2) is 28.7 Å². The average Bonchev–Trinajstić information content (AvgIpc) is 2.23. The number of carbonyl (C=O) groups excluding carboxylic acids is 2. The number of rotatable bonds is 1. The van der Waals surface area contributed by atoms with Crippen molar-refractivity contribution in [1.29, 1.82) is 0 Å². The first-order chi connectivity index (χ1) is 6.53. The van der Waals surface area contributed by atoms with Crippen LogP contribution in [0, 0.1) is 5.92 Å². The summed E-state index contributed by atoms with van der Waals surface area (Å²) in [6, 6.07) is 0. The normalized spacial score (nSPS) is 26.4. The Kier molecular flexibility index (Phi) is 2.13. The predicted octanol–water partition coefficient (Wildman–Crippen LogP) is 1.37. The highest BCUT2D eigenvalue weighted by Crippen LogP contribution is 2.33. The maximum atomic E-state index is 12.0. The number of likely N-dealkylation sites (tertiary alicyclic amines) is 1. The van der Waals surface area contributed by atoms with E-state index in [2.05, 4.69) is 0 Å². The minimum Gasteiger partial charge on any atom is -0.330 e. The van der Waals surface area contributed by atoms with Gasteiger partial charge >= 0.3 is 0 Å². The summed E-state index contributed by atoms with van der Waals surface area (Å²) in [6.45, 7) is 4.35. The van der Waals surface area contributed by atoms with Crippen molar-refractivity contribution in [3.8, 4) is 0 Å². The Bertz CT molecular complexity index is 279. The minimum atomic E-state index is -0.549. The Hall–Kier alpha value is -0.860. The molecule has 3 nitrogen and oxygen atoms in total. The van der Waals surface area contributed by atoms with Crippen LogP contribution in [0.15, 0.2) is 0 Å². The van der Waals surface area contributed by atoms with Gasteiger partial charge in [0.2, 0.25) is 5.91 Å². The van der Waals surface area contributed by atoms with E-state index in [1.807, 2.05) is 13.8 Å². The maximum Gasteiger partial charge on any atom is 0.226 e. The van der Waals surface area contributed by atoms with Gasteiger partial charge in [0, 0.05) is 18.9 Å². The van der Waals surface area contributed by atoms with Crippen molar-refractivity contribution in [2.24, 2.45) is 5.92 Å². The summed E-state index contributed by atoms with van der Waals surface area (Å²) in [5, 5.41) is 0. The third kappa shape index (κ3) is 1.26. The molecule has 0 bridgehead atoms. The van der Waals surface area contributed by atoms with Crippen LogP contribution in [0.4, 0.5) is 0 Å². The zero-order valence-electron chi connectivity index (χ0n) is 8.88. The molecule has 1 heterocycles. The van der Waals surface area contributed by atoms with E-state index in [1.165, 1.54) is 6.42 Å². The molecule has 0 aromatic rings. The lowest BCUT2D eigenvalue weighted by Gasteiger charge is -2.36. The molecule has 2 aliphatic rings. The fraction of sp³-hybridized carbons (Fsp3) is 0.818. The number of amides is 1. The van der Waals surface area contributed by atoms with Gasteiger partial charge in [0.1, 0.15) is 0 Å². The van der Waals surface area contributed by atoms with Crippen LogP contribution >= 0.6 is 0 Å². The molecule has 0 N–H and O–H groups in total. The van der Waals surface area contributed by atoms with E-state index in [-0.39, 0.29) is 17.6 Å². The Morgan fingerprint density at radius 2 is 2.07 bits per heavy atom. The summed E-state index contributed by atoms with van der Waals surface area (Å²) in [7, 11) is 0. The number of hydrogen-bond donors (Lipinski definition) is 0. The van der Waals surface area contributed by atoms with E-state index < -0.39 is 5.54 Å². The molecule has 2 rings (SSSR count). The average molecular weight is 195 g/mol. The van der Waals surface area contributed by atoms with Crippen LogP contribution in [0.1, 0.15) is 39.5 Å². The molecule has 0 spiro atoms. The third-order valence-electron chi connectivity index (χ3n) is 3.64. The number of ketones is 1. The second kappa shape index (κ2) is 3.07. The molecule has 1 saturated carbocycles. The van der Waals surface area contributed by atoms with Crippen LogP contribution in [-0.2, 0) is 9.59 Å². The molecule has 0 radical (unpaired) electrons. The molecule has 0 unspecified atom stereocenters. The molecule has 0 aromatic carbocycles. The van der Waals surface area contributed by atoms with Crippen molar-refractivity contribution in [2.75, 3.05) is 6.54 Å². The lowest BCUT2D eigenvalue weighted by Crippen LogP contribution is -2.49. The predicted molar refractivity (Wildman–Crippen MR) is 52.8 cm³/mol. The monoisotopic (exact) mass is 195 g/mol. The number of nitrogens with zero attached hydrogens (tertiary/aromatic N) is 1. The van der Waals surface area contributed by atoms with Crippen LogP contribution in [0.25, 0.3) is 0 Å². The summed E-state index contributed by atoms with van der Waals surface area (Å²) in [5.41, 5.74) is -0.549. The van der Waals surface area contributed by atoms with E-state index in [0.717, 1.165) is 12.8 Å². The first kappa shape index (κ1) is 9.69. The van der Waals surface area contributed by atoms with Crippen LogP contribution in [0.3, 0.4) is 0 Å². The van der Waals surface area contributed by atoms with Gasteiger partial charge in [-0.2, -0.15) is 0 Å². The van der Waals surface area contributed by atoms with Gasteiger partial charge in [0.05, 0.1) is 5.54 Å². The Labute approximate surface area is 84.5 Å². The Morgan fingerprint density at radius 3 is 2.43 bits per heavy atom. The standard InChI is InChI=1S/C11H17NO2/c1-11(2)9(13)6-7-12(11)10(14)8-4-3-5-8/h8H,3-7H2,1-2H3. The lowest BCUT2D eigenvalue weighted by molar-refractivity contribution is -0.144. The van der Waals surface area contributed by atoms with Crippen molar-refractivity contribution in [2.45, 2.75) is 45.1 Å². The molecule has 1 amide bonds. The minimum absolute atomic E-state index is 0.199. The van der Waals surface area contributed by atoms with E-state index in [4.69, 9.17) is 0 Å². The zero-order chi connectivity index (χ0) is 10.3. The van der Waals surface area contributed by atoms with Gasteiger partial charge in [-0.15, -0.1) is 0 Å². The van der Waals surface area contributed by atoms with Crippen molar-refractivity contribution in [3.63, 3.8) is 0 Å². The maximum absolute atomic E-state index is 12.0. The van der Waals surface area contributed by atoms with Crippen LogP contribution in [0.2, 0.25) is 0 Å². The quantitative estimate of drug-likeness (QED) is 0.633. The zero-order valence-corrected chi connectivity index (χ0v) is 8.88. The topological polar surface area (TPSA) is 37.4 Å². The molecular weight excluding hydrogens is 178 g/mol. The highest BCUT2D eigenvalue weighted by Gasteiger charge is 2.45. The third-order valence-corrected chi connectivity index (χ3v) is 3.64. The first-order valence-electron chi connectivity index (χ1n) is 5.38. The Balaban J connectivity index is 2.10. The van der Waals surface area contributed by atoms with Crippen molar-refractivity contribution >= 4 is 11.7 Å². The van der Waals surface area contributed by atoms with Gasteiger partial charge < -0.3 is 4.90 Å². The summed E-state index contributed by atoms with van der Waals surface area (Å²) in [5.74, 6) is 0.609. The second-order valence-electron chi connectivity index (χ2n) is 4.85. The van der Waals surface area contributed by atoms with E-state index in [9.17, 15) is 9.59 Å². The van der Waals surface area contributed by atoms with Crippen LogP contribution < -0.4 is 0 Å². The summed E-state index contributed by atoms with van der Waals surface area (Å²) in [6.07, 6.45) is 3.73. The van der Waals surface area contributed by atoms with E-state index >= 15 is 0 Å². The highest BCUT2D eigenvalue weighted by atomic mass is 16.2. The SMILES string of the molecule is CC1(C)C(=O)CCN1C(=O)C1CCC1. The fourth-order valence-electron chi connectivity index (χ4n) is 2.21. The Morgan fingerprint density at radius 1 is 1.43 bits per heavy atom. The first-order valence-corrected chi connectivity index (χ1v) is 5.38. The second-order valence-corrected chi connectivity index (χ2v) is 4.85. The number of Topliss-reactive ketones (excluding diaryl/α,β-unsaturated/α-hetero) is 1. The van der Waals surface area contributed by atoms with Gasteiger partial charge in [-0.05, 0) is 26.7 Å². The molecule has 0 aromatic heterocycles. The van der Waals surface area contributed by atoms with E-state index in [0.29, 0.717) is 13.0 Å². The lowest BCUT2D eigenvalue weighted by atomic mass is 9.83. The van der Waals surface area contributed by atoms with Gasteiger partial charge in [0.15, 0.2) is 5.78 Å². The largest absolute Gasteiger partial charge is 0.330 e. The molecule has 14 heavy (non-hydrogen) atoms. The summed E-state index contributed by atoms with van der Waals surface area (Å²) < 4.78 is 0. The molecule has 3 heteroatoms. The van der Waals surface area contributed by atoms with Crippen molar-refractivity contribution in [3.05, 3.63) is 0 Å². The smallest absolute Gasteiger partial charge is 0.226 e. The molecule has 78 valence electrons. The van der Waals surface area contributed by atoms with Gasteiger partial charge in [-0.1, -0.05) is 6.42 Å². The van der Waals surface area contributed by atoms with Gasteiger partial charge in [-0.25, -0.2) is 0 Å². The number of hydrogen-bond acceptors (Lipinski definition) is 2. The highest BCUT2D eigenvalue weighted by molar-refractivity contribution is 5.96. The molecular formula is C11H17NO2. The van der Waals surface area contributed by atoms with E-state index in [1.54, 1.807) is 4.90 Å². The molecule has 1 aliphatic heterocycles. The molecule has 0 atom stereocenters. The van der Waals surface area contributed by atoms with Crippen LogP contribution in [0.5, 0.6) is 0 Å². The molecule has 1 aliphatic carbocycles. The molecule has 2 fully saturated rings. The number of carbonyl (C=O) groups is 2. The van der Waals surface area contributed by atoms with Crippen molar-refractivity contribution in [1.82, 2.24) is 4.90 Å². The van der Waals surface area contributed by atoms with Gasteiger partial charge in [-0.3, -0.25) is 9.59 Å². The van der Waals surface area contributed by atoms with Gasteiger partial charge in [0.25, 0.3) is 0 Å².